The Morgan fingerprint density at radius 1 is 1.06 bits per heavy atom. The molecule has 0 aliphatic heterocycles. The third-order valence-corrected chi connectivity index (χ3v) is 7.55. The fourth-order valence-electron chi connectivity index (χ4n) is 4.01. The molecule has 3 heterocycles. The van der Waals surface area contributed by atoms with Gasteiger partial charge >= 0.3 is 0 Å². The zero-order valence-corrected chi connectivity index (χ0v) is 19.1. The fraction of sp³-hybridized carbons (Fsp3) is 0.273. The lowest BCUT2D eigenvalue weighted by Gasteiger charge is -2.17. The van der Waals surface area contributed by atoms with Crippen LogP contribution < -0.4 is 14.6 Å². The van der Waals surface area contributed by atoms with E-state index in [1.165, 1.54) is 6.20 Å². The van der Waals surface area contributed by atoms with Crippen molar-refractivity contribution in [3.05, 3.63) is 54.1 Å². The summed E-state index contributed by atoms with van der Waals surface area (Å²) < 4.78 is 36.4. The van der Waals surface area contributed by atoms with E-state index in [-0.39, 0.29) is 0 Å². The SMILES string of the molecule is COc1cccc(OC)c1-n1c(-c2cncc(C)c2)nc2ncc(C3(S(N)(=O)=O)CC3)nc21. The van der Waals surface area contributed by atoms with Crippen molar-refractivity contribution < 1.29 is 17.9 Å². The van der Waals surface area contributed by atoms with Crippen LogP contribution >= 0.6 is 0 Å². The maximum Gasteiger partial charge on any atom is 0.220 e. The summed E-state index contributed by atoms with van der Waals surface area (Å²) in [7, 11) is -0.742. The van der Waals surface area contributed by atoms with Gasteiger partial charge in [0.2, 0.25) is 10.0 Å². The maximum absolute atomic E-state index is 12.3. The summed E-state index contributed by atoms with van der Waals surface area (Å²) in [6.07, 6.45) is 5.67. The van der Waals surface area contributed by atoms with Gasteiger partial charge < -0.3 is 9.47 Å². The second-order valence-corrected chi connectivity index (χ2v) is 9.85. The summed E-state index contributed by atoms with van der Waals surface area (Å²) in [6.45, 7) is 1.94. The number of fused-ring (bicyclic) bond motifs is 1. The first kappa shape index (κ1) is 21.3. The third kappa shape index (κ3) is 3.31. The largest absolute Gasteiger partial charge is 0.494 e. The number of ether oxygens (including phenoxy) is 2. The third-order valence-electron chi connectivity index (χ3n) is 5.85. The van der Waals surface area contributed by atoms with Crippen LogP contribution in [0, 0.1) is 6.92 Å². The van der Waals surface area contributed by atoms with Crippen LogP contribution in [0.5, 0.6) is 11.5 Å². The Balaban J connectivity index is 1.88. The average molecular weight is 467 g/mol. The van der Waals surface area contributed by atoms with E-state index in [1.807, 2.05) is 19.1 Å². The first-order valence-electron chi connectivity index (χ1n) is 10.2. The predicted octanol–water partition coefficient (Wildman–Crippen LogP) is 2.48. The van der Waals surface area contributed by atoms with Crippen LogP contribution in [0.25, 0.3) is 28.4 Å². The molecule has 0 bridgehead atoms. The molecule has 1 saturated carbocycles. The number of hydrogen-bond acceptors (Lipinski definition) is 8. The van der Waals surface area contributed by atoms with Crippen molar-refractivity contribution >= 4 is 21.3 Å². The summed E-state index contributed by atoms with van der Waals surface area (Å²) in [5.41, 5.74) is 3.24. The zero-order chi connectivity index (χ0) is 23.4. The van der Waals surface area contributed by atoms with Gasteiger partial charge in [0.1, 0.15) is 21.9 Å². The molecule has 0 saturated heterocycles. The van der Waals surface area contributed by atoms with E-state index < -0.39 is 14.8 Å². The van der Waals surface area contributed by atoms with Crippen molar-refractivity contribution in [2.24, 2.45) is 5.14 Å². The summed E-state index contributed by atoms with van der Waals surface area (Å²) in [5, 5.41) is 5.54. The van der Waals surface area contributed by atoms with Gasteiger partial charge in [0.15, 0.2) is 17.1 Å². The molecule has 1 fully saturated rings. The first-order chi connectivity index (χ1) is 15.8. The summed E-state index contributed by atoms with van der Waals surface area (Å²) in [6, 6.07) is 7.35. The van der Waals surface area contributed by atoms with Crippen LogP contribution in [-0.4, -0.2) is 47.1 Å². The van der Waals surface area contributed by atoms with Crippen LogP contribution in [0.4, 0.5) is 0 Å². The molecular formula is C22H22N6O4S. The van der Waals surface area contributed by atoms with Crippen molar-refractivity contribution in [3.63, 3.8) is 0 Å². The standard InChI is InChI=1S/C22H22N6O4S/c1-13-9-14(11-24-10-13)20-27-19-21(26-17(12-25-19)22(7-8-22)33(23,29)30)28(20)18-15(31-2)5-4-6-16(18)32-3/h4-6,9-12H,7-8H2,1-3H3,(H2,23,29,30). The first-order valence-corrected chi connectivity index (χ1v) is 11.8. The van der Waals surface area contributed by atoms with E-state index in [0.717, 1.165) is 11.1 Å². The minimum absolute atomic E-state index is 0.293. The zero-order valence-electron chi connectivity index (χ0n) is 18.3. The smallest absolute Gasteiger partial charge is 0.220 e. The van der Waals surface area contributed by atoms with Gasteiger partial charge in [-0.25, -0.2) is 28.5 Å². The van der Waals surface area contributed by atoms with Gasteiger partial charge in [0.25, 0.3) is 0 Å². The number of nitrogens with zero attached hydrogens (tertiary/aromatic N) is 5. The van der Waals surface area contributed by atoms with Crippen molar-refractivity contribution in [2.75, 3.05) is 14.2 Å². The van der Waals surface area contributed by atoms with Crippen LogP contribution in [0.2, 0.25) is 0 Å². The normalized spacial score (nSPS) is 14.9. The number of methoxy groups -OCH3 is 2. The fourth-order valence-corrected chi connectivity index (χ4v) is 5.07. The molecule has 0 unspecified atom stereocenters. The van der Waals surface area contributed by atoms with Gasteiger partial charge in [-0.3, -0.25) is 9.55 Å². The lowest BCUT2D eigenvalue weighted by molar-refractivity contribution is 0.391. The van der Waals surface area contributed by atoms with Crippen LogP contribution in [-0.2, 0) is 14.8 Å². The quantitative estimate of drug-likeness (QED) is 0.458. The average Bonchev–Trinajstić information content (AvgIpc) is 3.54. The predicted molar refractivity (Wildman–Crippen MR) is 122 cm³/mol. The lowest BCUT2D eigenvalue weighted by atomic mass is 10.2. The molecule has 0 spiro atoms. The number of rotatable bonds is 6. The van der Waals surface area contributed by atoms with Crippen molar-refractivity contribution in [1.29, 1.82) is 0 Å². The van der Waals surface area contributed by atoms with Gasteiger partial charge in [-0.15, -0.1) is 0 Å². The van der Waals surface area contributed by atoms with E-state index in [1.54, 1.807) is 43.3 Å². The number of primary sulfonamides is 1. The van der Waals surface area contributed by atoms with Crippen LogP contribution in [0.15, 0.2) is 42.9 Å². The van der Waals surface area contributed by atoms with Gasteiger partial charge in [-0.1, -0.05) is 6.07 Å². The summed E-state index contributed by atoms with van der Waals surface area (Å²) in [4.78, 5) is 18.2. The van der Waals surface area contributed by atoms with Gasteiger partial charge in [-0.05, 0) is 43.5 Å². The number of sulfonamides is 1. The topological polar surface area (TPSA) is 135 Å². The molecule has 4 aromatic rings. The molecule has 170 valence electrons. The molecular weight excluding hydrogens is 444 g/mol. The number of para-hydroxylation sites is 1. The van der Waals surface area contributed by atoms with Crippen molar-refractivity contribution in [1.82, 2.24) is 24.5 Å². The van der Waals surface area contributed by atoms with E-state index in [2.05, 4.69) is 9.97 Å². The summed E-state index contributed by atoms with van der Waals surface area (Å²) >= 11 is 0. The molecule has 10 nitrogen and oxygen atoms in total. The van der Waals surface area contributed by atoms with Crippen LogP contribution in [0.1, 0.15) is 24.1 Å². The molecule has 3 aromatic heterocycles. The van der Waals surface area contributed by atoms with Gasteiger partial charge in [0.05, 0.1) is 26.1 Å². The Morgan fingerprint density at radius 2 is 1.76 bits per heavy atom. The molecule has 1 aliphatic carbocycles. The van der Waals surface area contributed by atoms with E-state index in [0.29, 0.717) is 52.8 Å². The highest BCUT2D eigenvalue weighted by atomic mass is 32.2. The van der Waals surface area contributed by atoms with E-state index in [4.69, 9.17) is 24.6 Å². The number of pyridine rings is 1. The van der Waals surface area contributed by atoms with Gasteiger partial charge in [-0.2, -0.15) is 0 Å². The number of aryl methyl sites for hydroxylation is 1. The minimum atomic E-state index is -3.86. The highest BCUT2D eigenvalue weighted by Gasteiger charge is 2.56. The van der Waals surface area contributed by atoms with Gasteiger partial charge in [0, 0.05) is 18.0 Å². The van der Waals surface area contributed by atoms with E-state index in [9.17, 15) is 8.42 Å². The maximum atomic E-state index is 12.3. The molecule has 11 heteroatoms. The highest BCUT2D eigenvalue weighted by Crippen LogP contribution is 2.51. The molecule has 0 amide bonds. The van der Waals surface area contributed by atoms with Crippen molar-refractivity contribution in [3.8, 4) is 28.6 Å². The number of imidazole rings is 1. The number of aromatic nitrogens is 5. The lowest BCUT2D eigenvalue weighted by Crippen LogP contribution is -2.29. The Morgan fingerprint density at radius 3 is 2.33 bits per heavy atom. The molecule has 1 aliphatic rings. The molecule has 2 N–H and O–H groups in total. The Labute approximate surface area is 190 Å². The number of hydrogen-bond donors (Lipinski definition) is 1. The Kier molecular flexibility index (Phi) is 4.83. The highest BCUT2D eigenvalue weighted by molar-refractivity contribution is 7.90. The number of benzene rings is 1. The summed E-state index contributed by atoms with van der Waals surface area (Å²) in [5.74, 6) is 1.56. The second kappa shape index (κ2) is 7.49. The Hall–Kier alpha value is -3.57. The monoisotopic (exact) mass is 466 g/mol. The number of nitrogens with two attached hydrogens (primary N) is 1. The molecule has 33 heavy (non-hydrogen) atoms. The van der Waals surface area contributed by atoms with E-state index >= 15 is 0 Å². The molecule has 0 radical (unpaired) electrons. The Bertz CT molecular complexity index is 1470. The van der Waals surface area contributed by atoms with Crippen LogP contribution in [0.3, 0.4) is 0 Å². The second-order valence-electron chi connectivity index (χ2n) is 7.97. The molecule has 0 atom stereocenters. The van der Waals surface area contributed by atoms with Crippen molar-refractivity contribution in [2.45, 2.75) is 24.5 Å². The molecule has 5 rings (SSSR count). The minimum Gasteiger partial charge on any atom is -0.494 e. The molecule has 1 aromatic carbocycles.